The molecule has 0 bridgehead atoms. The lowest BCUT2D eigenvalue weighted by atomic mass is 10.0. The monoisotopic (exact) mass is 302 g/mol. The number of carbonyl (C=O) groups is 1. The predicted octanol–water partition coefficient (Wildman–Crippen LogP) is -1.12. The molecule has 0 radical (unpaired) electrons. The minimum absolute atomic E-state index is 0.322. The molecule has 0 aromatic heterocycles. The van der Waals surface area contributed by atoms with Crippen LogP contribution in [-0.2, 0) is 10.5 Å². The van der Waals surface area contributed by atoms with Crippen LogP contribution in [0.1, 0.15) is 5.56 Å². The molecule has 0 aliphatic carbocycles. The quantitative estimate of drug-likeness (QED) is 0.433. The molecule has 20 heavy (non-hydrogen) atoms. The first-order chi connectivity index (χ1) is 9.47. The summed E-state index contributed by atoms with van der Waals surface area (Å²) in [7, 11) is 0. The molecule has 0 unspecified atom stereocenters. The zero-order chi connectivity index (χ0) is 15.1. The van der Waals surface area contributed by atoms with Crippen molar-refractivity contribution in [1.29, 1.82) is 0 Å². The lowest BCUT2D eigenvalue weighted by Crippen LogP contribution is -2.48. The first-order valence-electron chi connectivity index (χ1n) is 6.01. The highest BCUT2D eigenvalue weighted by Crippen LogP contribution is 2.17. The fourth-order valence-electron chi connectivity index (χ4n) is 1.48. The van der Waals surface area contributed by atoms with Crippen LogP contribution in [0.3, 0.4) is 0 Å². The number of aliphatic hydroxyl groups is 5. The SMILES string of the molecule is O=C(SCc1ccccc1)[C@H](O)[C@@H](O)[C@H](O)[C@H](O)CO. The molecule has 6 nitrogen and oxygen atoms in total. The minimum Gasteiger partial charge on any atom is -0.394 e. The Labute approximate surface area is 120 Å². The maximum atomic E-state index is 11.7. The molecule has 7 heteroatoms. The van der Waals surface area contributed by atoms with Crippen molar-refractivity contribution in [2.24, 2.45) is 0 Å². The van der Waals surface area contributed by atoms with Gasteiger partial charge in [0.2, 0.25) is 5.12 Å². The second-order valence-corrected chi connectivity index (χ2v) is 5.25. The van der Waals surface area contributed by atoms with Crippen molar-refractivity contribution in [3.63, 3.8) is 0 Å². The average molecular weight is 302 g/mol. The van der Waals surface area contributed by atoms with Gasteiger partial charge in [-0.1, -0.05) is 42.1 Å². The van der Waals surface area contributed by atoms with Crippen LogP contribution in [0.2, 0.25) is 0 Å². The summed E-state index contributed by atoms with van der Waals surface area (Å²) in [5, 5.41) is 45.6. The molecule has 0 saturated heterocycles. The van der Waals surface area contributed by atoms with Crippen LogP contribution < -0.4 is 0 Å². The minimum atomic E-state index is -1.85. The van der Waals surface area contributed by atoms with Crippen LogP contribution in [0.15, 0.2) is 30.3 Å². The Kier molecular flexibility index (Phi) is 7.14. The van der Waals surface area contributed by atoms with E-state index in [1.807, 2.05) is 30.3 Å². The molecule has 112 valence electrons. The van der Waals surface area contributed by atoms with Crippen LogP contribution in [0, 0.1) is 0 Å². The van der Waals surface area contributed by atoms with Gasteiger partial charge in [-0.25, -0.2) is 0 Å². The van der Waals surface area contributed by atoms with E-state index in [0.717, 1.165) is 17.3 Å². The Bertz CT molecular complexity index is 413. The summed E-state index contributed by atoms with van der Waals surface area (Å²) in [6.45, 7) is -0.781. The highest BCUT2D eigenvalue weighted by atomic mass is 32.2. The Morgan fingerprint density at radius 2 is 1.65 bits per heavy atom. The molecule has 5 N–H and O–H groups in total. The number of hydrogen-bond acceptors (Lipinski definition) is 7. The van der Waals surface area contributed by atoms with Gasteiger partial charge in [-0.15, -0.1) is 0 Å². The van der Waals surface area contributed by atoms with E-state index >= 15 is 0 Å². The zero-order valence-electron chi connectivity index (χ0n) is 10.7. The Hall–Kier alpha value is -0.960. The van der Waals surface area contributed by atoms with E-state index in [2.05, 4.69) is 0 Å². The Balaban J connectivity index is 2.50. The van der Waals surface area contributed by atoms with Gasteiger partial charge in [-0.3, -0.25) is 4.79 Å². The summed E-state index contributed by atoms with van der Waals surface area (Å²) < 4.78 is 0. The van der Waals surface area contributed by atoms with E-state index in [9.17, 15) is 20.1 Å². The van der Waals surface area contributed by atoms with Crippen molar-refractivity contribution >= 4 is 16.9 Å². The number of carbonyl (C=O) groups excluding carboxylic acids is 1. The number of aliphatic hydroxyl groups excluding tert-OH is 5. The summed E-state index contributed by atoms with van der Waals surface area (Å²) in [6.07, 6.45) is -7.10. The largest absolute Gasteiger partial charge is 0.394 e. The maximum Gasteiger partial charge on any atom is 0.220 e. The van der Waals surface area contributed by atoms with E-state index in [0.29, 0.717) is 5.75 Å². The van der Waals surface area contributed by atoms with Gasteiger partial charge >= 0.3 is 0 Å². The first kappa shape index (κ1) is 17.1. The van der Waals surface area contributed by atoms with Gasteiger partial charge < -0.3 is 25.5 Å². The Morgan fingerprint density at radius 3 is 2.20 bits per heavy atom. The van der Waals surface area contributed by atoms with Gasteiger partial charge in [0.1, 0.15) is 18.3 Å². The van der Waals surface area contributed by atoms with Gasteiger partial charge in [-0.2, -0.15) is 0 Å². The van der Waals surface area contributed by atoms with Crippen molar-refractivity contribution < 1.29 is 30.3 Å². The standard InChI is InChI=1S/C13H18O6S/c14-6-9(15)10(16)11(17)12(18)13(19)20-7-8-4-2-1-3-5-8/h1-5,9-12,14-18H,6-7H2/t9-,10-,11+,12-/m1/s1. The van der Waals surface area contributed by atoms with Gasteiger partial charge in [-0.05, 0) is 5.56 Å². The van der Waals surface area contributed by atoms with Crippen molar-refractivity contribution in [3.05, 3.63) is 35.9 Å². The number of hydrogen-bond donors (Lipinski definition) is 5. The van der Waals surface area contributed by atoms with Crippen molar-refractivity contribution in [1.82, 2.24) is 0 Å². The molecular formula is C13H18O6S. The van der Waals surface area contributed by atoms with Gasteiger partial charge in [0, 0.05) is 5.75 Å². The van der Waals surface area contributed by atoms with E-state index in [1.54, 1.807) is 0 Å². The average Bonchev–Trinajstić information content (AvgIpc) is 2.50. The smallest absolute Gasteiger partial charge is 0.220 e. The van der Waals surface area contributed by atoms with Crippen LogP contribution >= 0.6 is 11.8 Å². The molecule has 0 fully saturated rings. The van der Waals surface area contributed by atoms with Crippen LogP contribution in [-0.4, -0.2) is 61.7 Å². The highest BCUT2D eigenvalue weighted by molar-refractivity contribution is 8.13. The second-order valence-electron chi connectivity index (χ2n) is 4.27. The fourth-order valence-corrected chi connectivity index (χ4v) is 2.29. The number of benzene rings is 1. The Morgan fingerprint density at radius 1 is 1.05 bits per heavy atom. The normalized spacial score (nSPS) is 17.2. The lowest BCUT2D eigenvalue weighted by molar-refractivity contribution is -0.139. The molecule has 0 saturated carbocycles. The summed E-state index contributed by atoms with van der Waals surface area (Å²) in [5.74, 6) is 0.322. The van der Waals surface area contributed by atoms with E-state index < -0.39 is 36.1 Å². The molecule has 0 amide bonds. The van der Waals surface area contributed by atoms with Crippen molar-refractivity contribution in [2.75, 3.05) is 6.61 Å². The maximum absolute atomic E-state index is 11.7. The topological polar surface area (TPSA) is 118 Å². The molecule has 4 atom stereocenters. The highest BCUT2D eigenvalue weighted by Gasteiger charge is 2.34. The predicted molar refractivity (Wildman–Crippen MR) is 73.9 cm³/mol. The van der Waals surface area contributed by atoms with Crippen LogP contribution in [0.5, 0.6) is 0 Å². The van der Waals surface area contributed by atoms with Crippen molar-refractivity contribution in [3.8, 4) is 0 Å². The number of thioether (sulfide) groups is 1. The summed E-state index contributed by atoms with van der Waals surface area (Å²) in [6, 6.07) is 9.09. The molecule has 0 spiro atoms. The van der Waals surface area contributed by atoms with E-state index in [-0.39, 0.29) is 0 Å². The summed E-state index contributed by atoms with van der Waals surface area (Å²) in [5.41, 5.74) is 0.878. The molecule has 0 aliphatic heterocycles. The molecule has 1 rings (SSSR count). The molecule has 0 aliphatic rings. The number of rotatable bonds is 7. The third-order valence-corrected chi connectivity index (χ3v) is 3.72. The van der Waals surface area contributed by atoms with Gasteiger partial charge in [0.15, 0.2) is 6.10 Å². The van der Waals surface area contributed by atoms with Crippen LogP contribution in [0.25, 0.3) is 0 Å². The van der Waals surface area contributed by atoms with Crippen LogP contribution in [0.4, 0.5) is 0 Å². The lowest BCUT2D eigenvalue weighted by Gasteiger charge is -2.24. The van der Waals surface area contributed by atoms with Crippen molar-refractivity contribution in [2.45, 2.75) is 30.2 Å². The fraction of sp³-hybridized carbons (Fsp3) is 0.462. The summed E-state index contributed by atoms with van der Waals surface area (Å²) in [4.78, 5) is 11.7. The van der Waals surface area contributed by atoms with Gasteiger partial charge in [0.25, 0.3) is 0 Å². The third kappa shape index (κ3) is 4.86. The zero-order valence-corrected chi connectivity index (χ0v) is 11.5. The molecule has 0 heterocycles. The molecule has 1 aromatic carbocycles. The van der Waals surface area contributed by atoms with E-state index in [1.165, 1.54) is 0 Å². The van der Waals surface area contributed by atoms with Gasteiger partial charge in [0.05, 0.1) is 6.61 Å². The molecular weight excluding hydrogens is 284 g/mol. The third-order valence-electron chi connectivity index (χ3n) is 2.72. The first-order valence-corrected chi connectivity index (χ1v) is 6.99. The second kappa shape index (κ2) is 8.35. The molecule has 1 aromatic rings. The summed E-state index contributed by atoms with van der Waals surface area (Å²) >= 11 is 0.799. The van der Waals surface area contributed by atoms with E-state index in [4.69, 9.17) is 10.2 Å².